The molecule has 0 aromatic heterocycles. The molecule has 0 heterocycles. The van der Waals surface area contributed by atoms with Crippen molar-refractivity contribution < 1.29 is 37.3 Å². The van der Waals surface area contributed by atoms with Crippen molar-refractivity contribution in [3.8, 4) is 0 Å². The minimum atomic E-state index is -4.70. The molecule has 0 saturated carbocycles. The van der Waals surface area contributed by atoms with Gasteiger partial charge in [-0.05, 0) is 57.4 Å². The van der Waals surface area contributed by atoms with Crippen LogP contribution in [0.25, 0.3) is 0 Å². The molecule has 0 saturated heterocycles. The first-order chi connectivity index (χ1) is 43.9. The van der Waals surface area contributed by atoms with Gasteiger partial charge < -0.3 is 28.5 Å². The predicted octanol–water partition coefficient (Wildman–Crippen LogP) is 25.3. The molecule has 534 valence electrons. The van der Waals surface area contributed by atoms with E-state index in [1.165, 1.54) is 334 Å². The number of ether oxygens (including phenoxy) is 1. The van der Waals surface area contributed by atoms with Gasteiger partial charge in [-0.15, -0.1) is 0 Å². The van der Waals surface area contributed by atoms with Gasteiger partial charge in [0, 0.05) is 12.8 Å². The molecule has 0 rings (SSSR count). The molecule has 3 atom stereocenters. The van der Waals surface area contributed by atoms with Crippen molar-refractivity contribution >= 4 is 19.7 Å². The molecule has 0 aliphatic rings. The van der Waals surface area contributed by atoms with Crippen molar-refractivity contribution in [3.63, 3.8) is 0 Å². The van der Waals surface area contributed by atoms with Gasteiger partial charge in [0.05, 0.1) is 33.8 Å². The number of nitrogens with zero attached hydrogens (tertiary/aromatic N) is 1. The number of hydrogen-bond acceptors (Lipinski definition) is 7. The van der Waals surface area contributed by atoms with E-state index in [0.717, 1.165) is 57.8 Å². The summed E-state index contributed by atoms with van der Waals surface area (Å²) in [5.74, 6) is -0.512. The molecule has 10 heteroatoms. The number of quaternary nitrogens is 1. The molecule has 0 aliphatic carbocycles. The highest BCUT2D eigenvalue weighted by Crippen LogP contribution is 2.38. The monoisotopic (exact) mass is 1290 g/mol. The Balaban J connectivity index is 4.87. The maximum atomic E-state index is 13.6. The molecule has 1 N–H and O–H groups in total. The average molecular weight is 1290 g/mol. The van der Waals surface area contributed by atoms with E-state index in [9.17, 15) is 19.0 Å². The van der Waals surface area contributed by atoms with Crippen LogP contribution >= 0.6 is 7.82 Å². The molecule has 0 fully saturated rings. The van der Waals surface area contributed by atoms with Gasteiger partial charge >= 0.3 is 5.97 Å². The smallest absolute Gasteiger partial charge is 0.306 e. The van der Waals surface area contributed by atoms with Gasteiger partial charge in [-0.3, -0.25) is 14.2 Å². The Kier molecular flexibility index (Phi) is 69.1. The molecule has 0 spiro atoms. The minimum absolute atomic E-state index is 0.0174. The summed E-state index contributed by atoms with van der Waals surface area (Å²) in [7, 11) is 1.21. The third kappa shape index (κ3) is 70.8. The summed E-state index contributed by atoms with van der Waals surface area (Å²) in [5.41, 5.74) is 0. The number of amides is 1. The molecule has 90 heavy (non-hydrogen) atoms. The fourth-order valence-electron chi connectivity index (χ4n) is 12.5. The summed E-state index contributed by atoms with van der Waals surface area (Å²) in [6, 6.07) is -0.884. The molecule has 0 aromatic carbocycles. The lowest BCUT2D eigenvalue weighted by atomic mass is 10.0. The first-order valence-corrected chi connectivity index (χ1v) is 41.6. The molecule has 0 aromatic rings. The standard InChI is InChI=1S/C80H157N2O7P/c1-7-10-13-16-19-22-25-28-30-32-34-36-38-40-41-43-44-46-48-50-52-54-57-60-63-66-69-72-79(83)81-77(76-88-90(85,86)87-75-74-82(4,5)6)78(71-68-65-62-59-56-27-24-21-18-15-12-9-3)89-80(84)73-70-67-64-61-58-55-53-51-49-47-45-42-39-37-35-33-31-29-26-23-20-17-14-11-8-2/h28,30,68,71,77-78H,7-27,29,31-67,69-70,72-76H2,1-6H3,(H-,81,83,85,86)/b30-28+,71-68+. The van der Waals surface area contributed by atoms with E-state index in [0.29, 0.717) is 17.4 Å². The zero-order valence-corrected chi connectivity index (χ0v) is 62.3. The molecule has 0 aliphatic heterocycles. The minimum Gasteiger partial charge on any atom is -0.756 e. The number of carbonyl (C=O) groups excluding carboxylic acids is 2. The van der Waals surface area contributed by atoms with Crippen molar-refractivity contribution in [1.82, 2.24) is 5.32 Å². The Labute approximate surface area is 562 Å². The van der Waals surface area contributed by atoms with Crippen LogP contribution in [0.15, 0.2) is 24.3 Å². The summed E-state index contributed by atoms with van der Waals surface area (Å²) in [6.07, 6.45) is 87.6. The number of nitrogens with one attached hydrogen (secondary N) is 1. The summed E-state index contributed by atoms with van der Waals surface area (Å²) < 4.78 is 30.6. The third-order valence-corrected chi connectivity index (χ3v) is 19.6. The number of allylic oxidation sites excluding steroid dienone is 3. The van der Waals surface area contributed by atoms with Crippen LogP contribution in [-0.4, -0.2) is 69.4 Å². The van der Waals surface area contributed by atoms with Gasteiger partial charge in [0.2, 0.25) is 5.91 Å². The Hall–Kier alpha value is -1.51. The van der Waals surface area contributed by atoms with Crippen molar-refractivity contribution in [1.29, 1.82) is 0 Å². The molecule has 1 amide bonds. The first kappa shape index (κ1) is 88.5. The van der Waals surface area contributed by atoms with E-state index >= 15 is 0 Å². The van der Waals surface area contributed by atoms with Gasteiger partial charge in [0.15, 0.2) is 0 Å². The molecular formula is C80H157N2O7P. The number of unbranched alkanes of at least 4 members (excludes halogenated alkanes) is 57. The van der Waals surface area contributed by atoms with E-state index in [1.807, 2.05) is 33.3 Å². The van der Waals surface area contributed by atoms with Crippen LogP contribution in [0.2, 0.25) is 0 Å². The van der Waals surface area contributed by atoms with Crippen LogP contribution in [0.3, 0.4) is 0 Å². The molecular weight excluding hydrogens is 1130 g/mol. The van der Waals surface area contributed by atoms with E-state index < -0.39 is 20.0 Å². The highest BCUT2D eigenvalue weighted by atomic mass is 31.2. The van der Waals surface area contributed by atoms with Crippen LogP contribution in [0.5, 0.6) is 0 Å². The van der Waals surface area contributed by atoms with Gasteiger partial charge in [0.25, 0.3) is 7.82 Å². The van der Waals surface area contributed by atoms with Crippen LogP contribution in [0, 0.1) is 0 Å². The summed E-state index contributed by atoms with van der Waals surface area (Å²) in [6.45, 7) is 6.93. The van der Waals surface area contributed by atoms with Crippen LogP contribution in [0.1, 0.15) is 425 Å². The number of phosphoric acid groups is 1. The Morgan fingerprint density at radius 1 is 0.378 bits per heavy atom. The summed E-state index contributed by atoms with van der Waals surface area (Å²) >= 11 is 0. The second-order valence-electron chi connectivity index (χ2n) is 28.9. The largest absolute Gasteiger partial charge is 0.756 e. The zero-order valence-electron chi connectivity index (χ0n) is 61.4. The van der Waals surface area contributed by atoms with Crippen molar-refractivity contribution in [3.05, 3.63) is 24.3 Å². The van der Waals surface area contributed by atoms with Crippen LogP contribution in [0.4, 0.5) is 0 Å². The highest BCUT2D eigenvalue weighted by molar-refractivity contribution is 7.45. The maximum absolute atomic E-state index is 13.6. The number of rotatable bonds is 75. The lowest BCUT2D eigenvalue weighted by Gasteiger charge is -2.30. The predicted molar refractivity (Wildman–Crippen MR) is 390 cm³/mol. The van der Waals surface area contributed by atoms with Gasteiger partial charge in [-0.1, -0.05) is 379 Å². The lowest BCUT2D eigenvalue weighted by molar-refractivity contribution is -0.870. The third-order valence-electron chi connectivity index (χ3n) is 18.6. The summed E-state index contributed by atoms with van der Waals surface area (Å²) in [5, 5.41) is 3.06. The topological polar surface area (TPSA) is 114 Å². The average Bonchev–Trinajstić information content (AvgIpc) is 3.04. The Bertz CT molecular complexity index is 1580. The quantitative estimate of drug-likeness (QED) is 0.0212. The second kappa shape index (κ2) is 70.3. The van der Waals surface area contributed by atoms with E-state index in [-0.39, 0.29) is 31.5 Å². The van der Waals surface area contributed by atoms with Gasteiger partial charge in [0.1, 0.15) is 19.3 Å². The highest BCUT2D eigenvalue weighted by Gasteiger charge is 2.27. The van der Waals surface area contributed by atoms with Crippen molar-refractivity contribution in [2.75, 3.05) is 40.9 Å². The Morgan fingerprint density at radius 2 is 0.644 bits per heavy atom. The van der Waals surface area contributed by atoms with Crippen molar-refractivity contribution in [2.45, 2.75) is 437 Å². The lowest BCUT2D eigenvalue weighted by Crippen LogP contribution is -2.47. The number of likely N-dealkylation sites (N-methyl/N-ethyl adjacent to an activating group) is 1. The van der Waals surface area contributed by atoms with E-state index in [4.69, 9.17) is 13.8 Å². The van der Waals surface area contributed by atoms with Crippen molar-refractivity contribution in [2.24, 2.45) is 0 Å². The maximum Gasteiger partial charge on any atom is 0.306 e. The van der Waals surface area contributed by atoms with Gasteiger partial charge in [-0.2, -0.15) is 0 Å². The number of carbonyl (C=O) groups is 2. The van der Waals surface area contributed by atoms with E-state index in [2.05, 4.69) is 38.2 Å². The molecule has 9 nitrogen and oxygen atoms in total. The fourth-order valence-corrected chi connectivity index (χ4v) is 13.2. The normalized spacial score (nSPS) is 13.5. The molecule has 0 radical (unpaired) electrons. The number of hydrogen-bond donors (Lipinski definition) is 1. The number of phosphoric ester groups is 1. The van der Waals surface area contributed by atoms with Crippen LogP contribution in [-0.2, 0) is 27.9 Å². The SMILES string of the molecule is CCCCCCCC/C=C/CCCCCCCCCCCCCCCCCCCC(=O)NC(COP(=O)([O-])OCC[N+](C)(C)C)C(/C=C/CCCCCCCCCCCC)OC(=O)CCCCCCCCCCCCCCCCCCCCCCCCCCC. The first-order valence-electron chi connectivity index (χ1n) is 40.1. The molecule has 3 unspecified atom stereocenters. The summed E-state index contributed by atoms with van der Waals surface area (Å²) in [4.78, 5) is 40.3. The Morgan fingerprint density at radius 3 is 0.944 bits per heavy atom. The van der Waals surface area contributed by atoms with Gasteiger partial charge in [-0.25, -0.2) is 0 Å². The van der Waals surface area contributed by atoms with Crippen LogP contribution < -0.4 is 10.2 Å². The second-order valence-corrected chi connectivity index (χ2v) is 30.3. The number of esters is 1. The zero-order chi connectivity index (χ0) is 65.6. The van der Waals surface area contributed by atoms with E-state index in [1.54, 1.807) is 0 Å². The fraction of sp³-hybridized carbons (Fsp3) is 0.925. The molecule has 0 bridgehead atoms.